The molecule has 19 heavy (non-hydrogen) atoms. The summed E-state index contributed by atoms with van der Waals surface area (Å²) in [7, 11) is 0. The second-order valence-electron chi connectivity index (χ2n) is 3.80. The van der Waals surface area contributed by atoms with E-state index in [0.29, 0.717) is 9.26 Å². The van der Waals surface area contributed by atoms with E-state index in [2.05, 4.69) is 21.2 Å². The Kier molecular flexibility index (Phi) is 4.72. The molecule has 0 bridgehead atoms. The van der Waals surface area contributed by atoms with Gasteiger partial charge < -0.3 is 5.32 Å². The number of hydrogen-bond acceptors (Lipinski definition) is 1. The van der Waals surface area contributed by atoms with Crippen LogP contribution >= 0.6 is 38.5 Å². The Morgan fingerprint density at radius 1 is 1.11 bits per heavy atom. The minimum Gasteiger partial charge on any atom is -0.380 e. The van der Waals surface area contributed by atoms with E-state index in [1.54, 1.807) is 0 Å². The first-order chi connectivity index (χ1) is 8.99. The smallest absolute Gasteiger partial charge is 0.145 e. The van der Waals surface area contributed by atoms with Gasteiger partial charge in [-0.3, -0.25) is 0 Å². The number of nitrogens with one attached hydrogen (secondary N) is 1. The van der Waals surface area contributed by atoms with E-state index >= 15 is 0 Å². The highest BCUT2D eigenvalue weighted by Gasteiger charge is 2.12. The lowest BCUT2D eigenvalue weighted by Gasteiger charge is -2.11. The zero-order chi connectivity index (χ0) is 14.0. The van der Waals surface area contributed by atoms with Gasteiger partial charge in [-0.25, -0.2) is 13.2 Å². The Hall–Kier alpha value is -0.760. The zero-order valence-corrected chi connectivity index (χ0v) is 13.2. The van der Waals surface area contributed by atoms with Gasteiger partial charge in [-0.15, -0.1) is 0 Å². The molecule has 0 radical (unpaired) electrons. The SMILES string of the molecule is Fc1ccc(NCc2c(F)ccc(Br)c2F)c(I)c1. The Labute approximate surface area is 130 Å². The molecule has 2 rings (SSSR count). The minimum absolute atomic E-state index is 0.0151. The summed E-state index contributed by atoms with van der Waals surface area (Å²) < 4.78 is 41.1. The van der Waals surface area contributed by atoms with Gasteiger partial charge in [-0.1, -0.05) is 0 Å². The van der Waals surface area contributed by atoms with Crippen LogP contribution in [-0.4, -0.2) is 0 Å². The third kappa shape index (κ3) is 3.42. The molecule has 100 valence electrons. The third-order valence-corrected chi connectivity index (χ3v) is 4.03. The molecule has 0 fully saturated rings. The molecular formula is C13H8BrF3IN. The summed E-state index contributed by atoms with van der Waals surface area (Å²) in [4.78, 5) is 0. The highest BCUT2D eigenvalue weighted by atomic mass is 127. The fourth-order valence-electron chi connectivity index (χ4n) is 1.55. The lowest BCUT2D eigenvalue weighted by molar-refractivity contribution is 0.555. The van der Waals surface area contributed by atoms with Crippen molar-refractivity contribution in [2.45, 2.75) is 6.54 Å². The first-order valence-corrected chi connectivity index (χ1v) is 7.17. The van der Waals surface area contributed by atoms with E-state index in [0.717, 1.165) is 0 Å². The van der Waals surface area contributed by atoms with Crippen LogP contribution in [-0.2, 0) is 6.54 Å². The normalized spacial score (nSPS) is 10.6. The molecule has 1 N–H and O–H groups in total. The second-order valence-corrected chi connectivity index (χ2v) is 5.82. The number of hydrogen-bond donors (Lipinski definition) is 1. The Bertz CT molecular complexity index is 619. The van der Waals surface area contributed by atoms with Gasteiger partial charge in [0.1, 0.15) is 17.5 Å². The lowest BCUT2D eigenvalue weighted by Crippen LogP contribution is -2.06. The van der Waals surface area contributed by atoms with Crippen LogP contribution in [0.1, 0.15) is 5.56 Å². The van der Waals surface area contributed by atoms with Crippen molar-refractivity contribution in [3.8, 4) is 0 Å². The van der Waals surface area contributed by atoms with E-state index in [9.17, 15) is 13.2 Å². The fourth-order valence-corrected chi connectivity index (χ4v) is 2.59. The molecule has 1 nitrogen and oxygen atoms in total. The van der Waals surface area contributed by atoms with Gasteiger partial charge in [0, 0.05) is 21.4 Å². The number of halogens is 5. The molecule has 0 spiro atoms. The average Bonchev–Trinajstić information content (AvgIpc) is 2.36. The average molecular weight is 442 g/mol. The molecule has 6 heteroatoms. The van der Waals surface area contributed by atoms with Gasteiger partial charge in [-0.05, 0) is 68.9 Å². The topological polar surface area (TPSA) is 12.0 Å². The number of rotatable bonds is 3. The lowest BCUT2D eigenvalue weighted by atomic mass is 10.2. The molecule has 0 unspecified atom stereocenters. The van der Waals surface area contributed by atoms with E-state index in [1.807, 2.05) is 22.6 Å². The van der Waals surface area contributed by atoms with Crippen molar-refractivity contribution < 1.29 is 13.2 Å². The Morgan fingerprint density at radius 2 is 1.84 bits per heavy atom. The van der Waals surface area contributed by atoms with Crippen molar-refractivity contribution in [2.75, 3.05) is 5.32 Å². The zero-order valence-electron chi connectivity index (χ0n) is 9.48. The van der Waals surface area contributed by atoms with Gasteiger partial charge in [0.05, 0.1) is 4.47 Å². The van der Waals surface area contributed by atoms with Gasteiger partial charge >= 0.3 is 0 Å². The summed E-state index contributed by atoms with van der Waals surface area (Å²) >= 11 is 4.96. The molecule has 2 aromatic rings. The minimum atomic E-state index is -0.635. The van der Waals surface area contributed by atoms with Crippen LogP contribution in [0.3, 0.4) is 0 Å². The molecule has 0 saturated carbocycles. The van der Waals surface area contributed by atoms with Crippen LogP contribution in [0.15, 0.2) is 34.8 Å². The third-order valence-electron chi connectivity index (χ3n) is 2.53. The van der Waals surface area contributed by atoms with E-state index in [4.69, 9.17) is 0 Å². The summed E-state index contributed by atoms with van der Waals surface area (Å²) in [6.45, 7) is -0.0151. The van der Waals surface area contributed by atoms with Crippen molar-refractivity contribution in [1.29, 1.82) is 0 Å². The van der Waals surface area contributed by atoms with Crippen LogP contribution in [0.5, 0.6) is 0 Å². The van der Waals surface area contributed by atoms with Crippen molar-refractivity contribution in [3.63, 3.8) is 0 Å². The summed E-state index contributed by atoms with van der Waals surface area (Å²) in [6.07, 6.45) is 0. The van der Waals surface area contributed by atoms with Gasteiger partial charge in [0.15, 0.2) is 0 Å². The maximum Gasteiger partial charge on any atom is 0.145 e. The summed E-state index contributed by atoms with van der Waals surface area (Å²) in [6, 6.07) is 6.68. The largest absolute Gasteiger partial charge is 0.380 e. The van der Waals surface area contributed by atoms with Crippen molar-refractivity contribution >= 4 is 44.2 Å². The summed E-state index contributed by atoms with van der Waals surface area (Å²) in [5.74, 6) is -1.61. The molecule has 0 heterocycles. The molecule has 2 aromatic carbocycles. The standard InChI is InChI=1S/C13H8BrF3IN/c14-9-2-3-10(16)8(13(9)17)6-19-12-4-1-7(15)5-11(12)18/h1-5,19H,6H2. The maximum absolute atomic E-state index is 13.7. The second kappa shape index (κ2) is 6.13. The van der Waals surface area contributed by atoms with Crippen LogP contribution in [0.2, 0.25) is 0 Å². The Balaban J connectivity index is 2.21. The summed E-state index contributed by atoms with van der Waals surface area (Å²) in [5, 5.41) is 2.89. The van der Waals surface area contributed by atoms with E-state index < -0.39 is 11.6 Å². The number of anilines is 1. The van der Waals surface area contributed by atoms with Crippen LogP contribution < -0.4 is 5.32 Å². The molecule has 0 saturated heterocycles. The molecular weight excluding hydrogens is 434 g/mol. The van der Waals surface area contributed by atoms with E-state index in [-0.39, 0.29) is 22.4 Å². The highest BCUT2D eigenvalue weighted by Crippen LogP contribution is 2.24. The summed E-state index contributed by atoms with van der Waals surface area (Å²) in [5.41, 5.74) is 0.565. The number of benzene rings is 2. The van der Waals surface area contributed by atoms with Crippen molar-refractivity contribution in [3.05, 3.63) is 61.4 Å². The fraction of sp³-hybridized carbons (Fsp3) is 0.0769. The highest BCUT2D eigenvalue weighted by molar-refractivity contribution is 14.1. The predicted molar refractivity (Wildman–Crippen MR) is 80.5 cm³/mol. The molecule has 0 aliphatic rings. The first kappa shape index (κ1) is 14.6. The van der Waals surface area contributed by atoms with Crippen LogP contribution in [0.25, 0.3) is 0 Å². The Morgan fingerprint density at radius 3 is 2.53 bits per heavy atom. The van der Waals surface area contributed by atoms with Gasteiger partial charge in [-0.2, -0.15) is 0 Å². The van der Waals surface area contributed by atoms with Crippen LogP contribution in [0, 0.1) is 21.0 Å². The quantitative estimate of drug-likeness (QED) is 0.517. The van der Waals surface area contributed by atoms with Crippen LogP contribution in [0.4, 0.5) is 18.9 Å². The predicted octanol–water partition coefficient (Wildman–Crippen LogP) is 5.08. The first-order valence-electron chi connectivity index (χ1n) is 5.30. The van der Waals surface area contributed by atoms with Crippen molar-refractivity contribution in [2.24, 2.45) is 0 Å². The maximum atomic E-state index is 13.7. The molecule has 0 aliphatic carbocycles. The molecule has 0 aliphatic heterocycles. The monoisotopic (exact) mass is 441 g/mol. The van der Waals surface area contributed by atoms with Gasteiger partial charge in [0.2, 0.25) is 0 Å². The van der Waals surface area contributed by atoms with E-state index in [1.165, 1.54) is 30.3 Å². The van der Waals surface area contributed by atoms with Gasteiger partial charge in [0.25, 0.3) is 0 Å². The molecule has 0 aromatic heterocycles. The molecule has 0 atom stereocenters. The van der Waals surface area contributed by atoms with Crippen molar-refractivity contribution in [1.82, 2.24) is 0 Å². The molecule has 0 amide bonds.